The van der Waals surface area contributed by atoms with Crippen molar-refractivity contribution in [2.24, 2.45) is 0 Å². The molecule has 0 atom stereocenters. The van der Waals surface area contributed by atoms with Gasteiger partial charge in [-0.1, -0.05) is 12.1 Å². The van der Waals surface area contributed by atoms with Crippen molar-refractivity contribution < 1.29 is 19.2 Å². The van der Waals surface area contributed by atoms with Gasteiger partial charge in [0.05, 0.1) is 4.92 Å². The number of benzene rings is 2. The monoisotopic (exact) mass is 383 g/mol. The first-order chi connectivity index (χ1) is 13.5. The quantitative estimate of drug-likeness (QED) is 0.585. The number of nitrogens with zero attached hydrogens (tertiary/aromatic N) is 2. The Morgan fingerprint density at radius 1 is 1.04 bits per heavy atom. The first kappa shape index (κ1) is 19.3. The Balaban J connectivity index is 1.43. The van der Waals surface area contributed by atoms with Gasteiger partial charge in [0, 0.05) is 37.3 Å². The molecule has 8 nitrogen and oxygen atoms in total. The van der Waals surface area contributed by atoms with Crippen molar-refractivity contribution in [1.29, 1.82) is 0 Å². The summed E-state index contributed by atoms with van der Waals surface area (Å²) in [6, 6.07) is 12.7. The van der Waals surface area contributed by atoms with Gasteiger partial charge < -0.3 is 15.0 Å². The molecule has 0 spiro atoms. The number of nitrogens with one attached hydrogen (secondary N) is 1. The minimum atomic E-state index is -0.500. The Morgan fingerprint density at radius 3 is 2.29 bits per heavy atom. The van der Waals surface area contributed by atoms with Crippen LogP contribution in [0.2, 0.25) is 0 Å². The van der Waals surface area contributed by atoms with Gasteiger partial charge in [-0.2, -0.15) is 0 Å². The summed E-state index contributed by atoms with van der Waals surface area (Å²) in [5, 5.41) is 13.3. The molecule has 2 aromatic rings. The van der Waals surface area contributed by atoms with Crippen LogP contribution in [0.1, 0.15) is 28.8 Å². The van der Waals surface area contributed by atoms with Crippen LogP contribution in [-0.2, 0) is 11.3 Å². The molecule has 1 N–H and O–H groups in total. The van der Waals surface area contributed by atoms with Crippen LogP contribution >= 0.6 is 0 Å². The normalized spacial score (nSPS) is 13.2. The van der Waals surface area contributed by atoms with Crippen LogP contribution in [0, 0.1) is 10.1 Å². The van der Waals surface area contributed by atoms with Gasteiger partial charge in [-0.3, -0.25) is 19.7 Å². The molecule has 0 aliphatic carbocycles. The lowest BCUT2D eigenvalue weighted by Crippen LogP contribution is -2.29. The molecule has 1 aliphatic heterocycles. The molecule has 3 rings (SSSR count). The number of hydrogen-bond acceptors (Lipinski definition) is 5. The highest BCUT2D eigenvalue weighted by molar-refractivity contribution is 5.94. The van der Waals surface area contributed by atoms with Crippen molar-refractivity contribution in [2.75, 3.05) is 19.7 Å². The predicted molar refractivity (Wildman–Crippen MR) is 102 cm³/mol. The zero-order valence-corrected chi connectivity index (χ0v) is 15.3. The Labute approximate surface area is 162 Å². The van der Waals surface area contributed by atoms with E-state index in [1.165, 1.54) is 24.3 Å². The molecule has 0 saturated carbocycles. The molecule has 1 aliphatic rings. The van der Waals surface area contributed by atoms with Crippen molar-refractivity contribution >= 4 is 17.5 Å². The van der Waals surface area contributed by atoms with Crippen molar-refractivity contribution in [2.45, 2.75) is 19.4 Å². The highest BCUT2D eigenvalue weighted by Crippen LogP contribution is 2.17. The third-order valence-electron chi connectivity index (χ3n) is 4.50. The summed E-state index contributed by atoms with van der Waals surface area (Å²) in [5.74, 6) is 0.116. The van der Waals surface area contributed by atoms with E-state index in [-0.39, 0.29) is 24.1 Å². The van der Waals surface area contributed by atoms with E-state index in [9.17, 15) is 19.7 Å². The van der Waals surface area contributed by atoms with Gasteiger partial charge in [-0.15, -0.1) is 0 Å². The van der Waals surface area contributed by atoms with Crippen LogP contribution in [-0.4, -0.2) is 41.3 Å². The van der Waals surface area contributed by atoms with Crippen molar-refractivity contribution in [3.63, 3.8) is 0 Å². The summed E-state index contributed by atoms with van der Waals surface area (Å²) in [6.45, 7) is 1.75. The molecule has 146 valence electrons. The topological polar surface area (TPSA) is 102 Å². The number of rotatable bonds is 7. The number of likely N-dealkylation sites (tertiary alicyclic amines) is 1. The Morgan fingerprint density at radius 2 is 1.68 bits per heavy atom. The Kier molecular flexibility index (Phi) is 6.21. The number of nitro benzene ring substituents is 1. The van der Waals surface area contributed by atoms with Crippen molar-refractivity contribution in [3.8, 4) is 5.75 Å². The molecule has 0 unspecified atom stereocenters. The highest BCUT2D eigenvalue weighted by atomic mass is 16.6. The molecule has 28 heavy (non-hydrogen) atoms. The van der Waals surface area contributed by atoms with E-state index in [1.807, 2.05) is 17.0 Å². The van der Waals surface area contributed by atoms with E-state index in [1.54, 1.807) is 12.1 Å². The van der Waals surface area contributed by atoms with Crippen LogP contribution in [0.4, 0.5) is 5.69 Å². The van der Waals surface area contributed by atoms with E-state index < -0.39 is 4.92 Å². The average Bonchev–Trinajstić information content (AvgIpc) is 3.25. The smallest absolute Gasteiger partial charge is 0.269 e. The number of amides is 2. The number of non-ortho nitro benzene ring substituents is 1. The van der Waals surface area contributed by atoms with Gasteiger partial charge in [0.15, 0.2) is 6.61 Å². The molecule has 0 aromatic heterocycles. The molecule has 2 aromatic carbocycles. The first-order valence-electron chi connectivity index (χ1n) is 9.05. The third-order valence-corrected chi connectivity index (χ3v) is 4.50. The maximum absolute atomic E-state index is 12.3. The molecule has 1 heterocycles. The molecule has 2 amide bonds. The Hall–Kier alpha value is -3.42. The second-order valence-corrected chi connectivity index (χ2v) is 6.51. The van der Waals surface area contributed by atoms with E-state index >= 15 is 0 Å². The molecule has 0 bridgehead atoms. The summed E-state index contributed by atoms with van der Waals surface area (Å²) in [6.07, 6.45) is 2.11. The number of carbonyl (C=O) groups is 2. The molecule has 1 saturated heterocycles. The summed E-state index contributed by atoms with van der Waals surface area (Å²) in [4.78, 5) is 36.2. The maximum atomic E-state index is 12.3. The van der Waals surface area contributed by atoms with Gasteiger partial charge in [-0.25, -0.2) is 0 Å². The third kappa shape index (κ3) is 5.06. The van der Waals surface area contributed by atoms with E-state index in [4.69, 9.17) is 4.74 Å². The standard InChI is InChI=1S/C20H21N3O5/c24-19(14-28-18-9-7-17(8-10-18)23(26)27)21-13-15-3-5-16(6-4-15)20(25)22-11-1-2-12-22/h3-10H,1-2,11-14H2,(H,21,24). The Bertz CT molecular complexity index is 843. The summed E-state index contributed by atoms with van der Waals surface area (Å²) < 4.78 is 5.31. The minimum Gasteiger partial charge on any atom is -0.484 e. The zero-order valence-electron chi connectivity index (χ0n) is 15.3. The summed E-state index contributed by atoms with van der Waals surface area (Å²) >= 11 is 0. The van der Waals surface area contributed by atoms with Gasteiger partial charge in [0.1, 0.15) is 5.75 Å². The largest absolute Gasteiger partial charge is 0.484 e. The maximum Gasteiger partial charge on any atom is 0.269 e. The second-order valence-electron chi connectivity index (χ2n) is 6.51. The molecular weight excluding hydrogens is 362 g/mol. The van der Waals surface area contributed by atoms with Crippen LogP contribution in [0.15, 0.2) is 48.5 Å². The SMILES string of the molecule is O=C(COc1ccc([N+](=O)[O-])cc1)NCc1ccc(C(=O)N2CCCC2)cc1. The fraction of sp³-hybridized carbons (Fsp3) is 0.300. The number of hydrogen-bond donors (Lipinski definition) is 1. The number of ether oxygens (including phenoxy) is 1. The lowest BCUT2D eigenvalue weighted by Gasteiger charge is -2.15. The molecule has 0 radical (unpaired) electrons. The number of nitro groups is 1. The van der Waals surface area contributed by atoms with Crippen LogP contribution in [0.25, 0.3) is 0 Å². The van der Waals surface area contributed by atoms with Crippen LogP contribution in [0.5, 0.6) is 5.75 Å². The van der Waals surface area contributed by atoms with Crippen molar-refractivity contribution in [3.05, 3.63) is 69.8 Å². The number of carbonyl (C=O) groups excluding carboxylic acids is 2. The molecular formula is C20H21N3O5. The zero-order chi connectivity index (χ0) is 19.9. The highest BCUT2D eigenvalue weighted by Gasteiger charge is 2.19. The van der Waals surface area contributed by atoms with Crippen LogP contribution in [0.3, 0.4) is 0 Å². The fourth-order valence-electron chi connectivity index (χ4n) is 2.93. The second kappa shape index (κ2) is 8.98. The summed E-state index contributed by atoms with van der Waals surface area (Å²) in [7, 11) is 0. The minimum absolute atomic E-state index is 0.0385. The van der Waals surface area contributed by atoms with E-state index in [0.717, 1.165) is 31.5 Å². The predicted octanol–water partition coefficient (Wildman–Crippen LogP) is 2.53. The van der Waals surface area contributed by atoms with Crippen molar-refractivity contribution in [1.82, 2.24) is 10.2 Å². The lowest BCUT2D eigenvalue weighted by molar-refractivity contribution is -0.384. The average molecular weight is 383 g/mol. The van der Waals surface area contributed by atoms with Gasteiger partial charge >= 0.3 is 0 Å². The van der Waals surface area contributed by atoms with Gasteiger partial charge in [0.25, 0.3) is 17.5 Å². The van der Waals surface area contributed by atoms with Gasteiger partial charge in [-0.05, 0) is 42.7 Å². The van der Waals surface area contributed by atoms with Gasteiger partial charge in [0.2, 0.25) is 0 Å². The lowest BCUT2D eigenvalue weighted by atomic mass is 10.1. The van der Waals surface area contributed by atoms with E-state index in [2.05, 4.69) is 5.32 Å². The van der Waals surface area contributed by atoms with Crippen LogP contribution < -0.4 is 10.1 Å². The summed E-state index contributed by atoms with van der Waals surface area (Å²) in [5.41, 5.74) is 1.49. The fourth-order valence-corrected chi connectivity index (χ4v) is 2.93. The molecule has 1 fully saturated rings. The molecule has 8 heteroatoms. The van der Waals surface area contributed by atoms with E-state index in [0.29, 0.717) is 17.9 Å². The first-order valence-corrected chi connectivity index (χ1v) is 9.05.